The fraction of sp³-hybridized carbons (Fsp3) is 0.478. The third kappa shape index (κ3) is 5.21. The van der Waals surface area contributed by atoms with E-state index in [0.29, 0.717) is 19.6 Å². The molecule has 1 aromatic carbocycles. The summed E-state index contributed by atoms with van der Waals surface area (Å²) in [6.45, 7) is 7.66. The summed E-state index contributed by atoms with van der Waals surface area (Å²) in [6, 6.07) is 11.7. The maximum Gasteiger partial charge on any atom is 0.289 e. The predicted octanol–water partition coefficient (Wildman–Crippen LogP) is 2.90. The number of hydrogen-bond acceptors (Lipinski definition) is 6. The van der Waals surface area contributed by atoms with Crippen molar-refractivity contribution in [3.63, 3.8) is 0 Å². The Labute approximate surface area is 188 Å². The highest BCUT2D eigenvalue weighted by atomic mass is 35.5. The molecule has 1 amide bonds. The molecule has 0 unspecified atom stereocenters. The van der Waals surface area contributed by atoms with E-state index in [4.69, 9.17) is 16.0 Å². The van der Waals surface area contributed by atoms with Gasteiger partial charge in [-0.05, 0) is 67.5 Å². The van der Waals surface area contributed by atoms with Gasteiger partial charge >= 0.3 is 0 Å². The second-order valence-electron chi connectivity index (χ2n) is 8.27. The molecule has 2 aliphatic heterocycles. The minimum absolute atomic E-state index is 0.127. The summed E-state index contributed by atoms with van der Waals surface area (Å²) >= 11 is 5.79. The molecule has 0 aliphatic carbocycles. The van der Waals surface area contributed by atoms with Gasteiger partial charge in [0.1, 0.15) is 0 Å². The van der Waals surface area contributed by atoms with Crippen LogP contribution in [0.1, 0.15) is 28.1 Å². The van der Waals surface area contributed by atoms with Crippen LogP contribution in [0.3, 0.4) is 0 Å². The van der Waals surface area contributed by atoms with Crippen LogP contribution in [-0.4, -0.2) is 80.0 Å². The molecule has 0 spiro atoms. The van der Waals surface area contributed by atoms with Crippen molar-refractivity contribution < 1.29 is 9.21 Å². The van der Waals surface area contributed by atoms with Crippen molar-refractivity contribution in [1.29, 1.82) is 5.26 Å². The van der Waals surface area contributed by atoms with Crippen LogP contribution < -0.4 is 4.90 Å². The number of rotatable bonds is 4. The first kappa shape index (κ1) is 21.7. The van der Waals surface area contributed by atoms with Crippen LogP contribution in [0, 0.1) is 11.3 Å². The van der Waals surface area contributed by atoms with E-state index in [0.717, 1.165) is 56.8 Å². The van der Waals surface area contributed by atoms with Gasteiger partial charge in [0.25, 0.3) is 5.91 Å². The number of benzene rings is 1. The van der Waals surface area contributed by atoms with Gasteiger partial charge in [-0.25, -0.2) is 0 Å². The Hall–Kier alpha value is -2.53. The standard InChI is InChI=1S/C23H28ClN5O2/c1-26-7-2-8-28(12-9-26)20-4-3-18(16-25)19(15-20)17-27-10-13-29(14-11-27)23(30)21-5-6-22(24)31-21/h3-6,15H,2,7-14,17H2,1H3. The molecular formula is C23H28ClN5O2. The molecule has 8 heteroatoms. The van der Waals surface area contributed by atoms with Crippen molar-refractivity contribution in [3.8, 4) is 6.07 Å². The van der Waals surface area contributed by atoms with Crippen molar-refractivity contribution in [1.82, 2.24) is 14.7 Å². The van der Waals surface area contributed by atoms with Crippen LogP contribution in [0.25, 0.3) is 0 Å². The minimum atomic E-state index is -0.127. The van der Waals surface area contributed by atoms with Crippen LogP contribution in [0.4, 0.5) is 5.69 Å². The number of furan rings is 1. The second kappa shape index (κ2) is 9.73. The summed E-state index contributed by atoms with van der Waals surface area (Å²) in [4.78, 5) is 21.4. The summed E-state index contributed by atoms with van der Waals surface area (Å²) in [6.07, 6.45) is 1.14. The third-order valence-corrected chi connectivity index (χ3v) is 6.33. The number of nitrogens with zero attached hydrogens (tertiary/aromatic N) is 5. The average molecular weight is 442 g/mol. The Bertz CT molecular complexity index is 961. The van der Waals surface area contributed by atoms with Gasteiger partial charge in [-0.2, -0.15) is 5.26 Å². The highest BCUT2D eigenvalue weighted by Crippen LogP contribution is 2.23. The van der Waals surface area contributed by atoms with E-state index in [1.165, 1.54) is 5.69 Å². The number of likely N-dealkylation sites (N-methyl/N-ethyl adjacent to an activating group) is 1. The first-order chi connectivity index (χ1) is 15.0. The Morgan fingerprint density at radius 1 is 1.06 bits per heavy atom. The van der Waals surface area contributed by atoms with E-state index in [1.807, 2.05) is 6.07 Å². The SMILES string of the molecule is CN1CCCN(c2ccc(C#N)c(CN3CCN(C(=O)c4ccc(Cl)o4)CC3)c2)CC1. The van der Waals surface area contributed by atoms with Gasteiger partial charge in [-0.3, -0.25) is 9.69 Å². The summed E-state index contributed by atoms with van der Waals surface area (Å²) in [5.41, 5.74) is 2.96. The zero-order valence-electron chi connectivity index (χ0n) is 17.9. The maximum absolute atomic E-state index is 12.6. The lowest BCUT2D eigenvalue weighted by atomic mass is 10.1. The van der Waals surface area contributed by atoms with Crippen LogP contribution in [-0.2, 0) is 6.54 Å². The highest BCUT2D eigenvalue weighted by molar-refractivity contribution is 6.29. The predicted molar refractivity (Wildman–Crippen MR) is 120 cm³/mol. The molecule has 0 bridgehead atoms. The number of hydrogen-bond donors (Lipinski definition) is 0. The number of nitriles is 1. The van der Waals surface area contributed by atoms with Gasteiger partial charge in [-0.1, -0.05) is 0 Å². The molecule has 2 aromatic rings. The highest BCUT2D eigenvalue weighted by Gasteiger charge is 2.25. The van der Waals surface area contributed by atoms with E-state index in [9.17, 15) is 10.1 Å². The summed E-state index contributed by atoms with van der Waals surface area (Å²) in [5.74, 6) is 0.151. The lowest BCUT2D eigenvalue weighted by molar-refractivity contribution is 0.0598. The maximum atomic E-state index is 12.6. The Kier molecular flexibility index (Phi) is 6.81. The molecular weight excluding hydrogens is 414 g/mol. The van der Waals surface area contributed by atoms with Crippen molar-refractivity contribution in [3.05, 3.63) is 52.4 Å². The molecule has 2 fully saturated rings. The smallest absolute Gasteiger partial charge is 0.289 e. The second-order valence-corrected chi connectivity index (χ2v) is 8.64. The van der Waals surface area contributed by atoms with E-state index in [2.05, 4.69) is 39.9 Å². The van der Waals surface area contributed by atoms with Gasteiger partial charge in [0.2, 0.25) is 0 Å². The van der Waals surface area contributed by atoms with Gasteiger partial charge in [0.15, 0.2) is 11.0 Å². The lowest BCUT2D eigenvalue weighted by Gasteiger charge is -2.34. The molecule has 0 atom stereocenters. The van der Waals surface area contributed by atoms with E-state index < -0.39 is 0 Å². The first-order valence-corrected chi connectivity index (χ1v) is 11.1. The summed E-state index contributed by atoms with van der Waals surface area (Å²) in [5, 5.41) is 9.83. The van der Waals surface area contributed by atoms with E-state index >= 15 is 0 Å². The van der Waals surface area contributed by atoms with Crippen LogP contribution in [0.2, 0.25) is 5.22 Å². The molecule has 7 nitrogen and oxygen atoms in total. The molecule has 1 aromatic heterocycles. The molecule has 2 saturated heterocycles. The average Bonchev–Trinajstić information content (AvgIpc) is 3.10. The Morgan fingerprint density at radius 3 is 2.58 bits per heavy atom. The molecule has 0 saturated carbocycles. The van der Waals surface area contributed by atoms with Gasteiger partial charge < -0.3 is 19.1 Å². The quantitative estimate of drug-likeness (QED) is 0.726. The molecule has 0 N–H and O–H groups in total. The molecule has 4 rings (SSSR count). The molecule has 0 radical (unpaired) electrons. The normalized spacial score (nSPS) is 18.6. The molecule has 3 heterocycles. The van der Waals surface area contributed by atoms with Crippen LogP contribution in [0.5, 0.6) is 0 Å². The zero-order chi connectivity index (χ0) is 21.8. The fourth-order valence-electron chi connectivity index (χ4n) is 4.26. The number of halogens is 1. The van der Waals surface area contributed by atoms with Gasteiger partial charge in [0.05, 0.1) is 11.6 Å². The number of anilines is 1. The van der Waals surface area contributed by atoms with Gasteiger partial charge in [0, 0.05) is 58.0 Å². The number of amides is 1. The lowest BCUT2D eigenvalue weighted by Crippen LogP contribution is -2.48. The third-order valence-electron chi connectivity index (χ3n) is 6.13. The van der Waals surface area contributed by atoms with Crippen molar-refractivity contribution in [2.75, 3.05) is 64.3 Å². The van der Waals surface area contributed by atoms with E-state index in [-0.39, 0.29) is 16.9 Å². The van der Waals surface area contributed by atoms with Crippen molar-refractivity contribution >= 4 is 23.2 Å². The Morgan fingerprint density at radius 2 is 1.87 bits per heavy atom. The zero-order valence-corrected chi connectivity index (χ0v) is 18.6. The van der Waals surface area contributed by atoms with Crippen molar-refractivity contribution in [2.24, 2.45) is 0 Å². The topological polar surface area (TPSA) is 67.0 Å². The fourth-order valence-corrected chi connectivity index (χ4v) is 4.40. The molecule has 164 valence electrons. The van der Waals surface area contributed by atoms with E-state index in [1.54, 1.807) is 17.0 Å². The van der Waals surface area contributed by atoms with Crippen LogP contribution >= 0.6 is 11.6 Å². The minimum Gasteiger partial charge on any atom is -0.440 e. The number of carbonyl (C=O) groups excluding carboxylic acids is 1. The number of carbonyl (C=O) groups is 1. The van der Waals surface area contributed by atoms with Crippen molar-refractivity contribution in [2.45, 2.75) is 13.0 Å². The van der Waals surface area contributed by atoms with Gasteiger partial charge in [-0.15, -0.1) is 0 Å². The van der Waals surface area contributed by atoms with Crippen LogP contribution in [0.15, 0.2) is 34.7 Å². The summed E-state index contributed by atoms with van der Waals surface area (Å²) < 4.78 is 5.25. The summed E-state index contributed by atoms with van der Waals surface area (Å²) in [7, 11) is 2.17. The largest absolute Gasteiger partial charge is 0.440 e. The Balaban J connectivity index is 1.40. The monoisotopic (exact) mass is 441 g/mol. The number of piperazine rings is 1. The molecule has 31 heavy (non-hydrogen) atoms. The molecule has 2 aliphatic rings. The first-order valence-electron chi connectivity index (χ1n) is 10.8.